The van der Waals surface area contributed by atoms with Gasteiger partial charge in [0.2, 0.25) is 0 Å². The molecule has 0 fully saturated rings. The first-order chi connectivity index (χ1) is 11.3. The zero-order chi connectivity index (χ0) is 16.1. The van der Waals surface area contributed by atoms with Gasteiger partial charge in [-0.3, -0.25) is 4.79 Å². The number of rotatable bonds is 5. The molecule has 0 bridgehead atoms. The molecule has 3 aromatic rings. The number of furan rings is 1. The van der Waals surface area contributed by atoms with E-state index in [1.807, 2.05) is 49.4 Å². The van der Waals surface area contributed by atoms with E-state index in [1.165, 1.54) is 0 Å². The van der Waals surface area contributed by atoms with Gasteiger partial charge in [0.15, 0.2) is 5.76 Å². The van der Waals surface area contributed by atoms with Gasteiger partial charge in [0.1, 0.15) is 11.3 Å². The molecule has 0 spiro atoms. The number of benzene rings is 2. The van der Waals surface area contributed by atoms with Crippen LogP contribution in [0.2, 0.25) is 0 Å². The molecule has 0 radical (unpaired) electrons. The van der Waals surface area contributed by atoms with Crippen molar-refractivity contribution in [2.24, 2.45) is 5.10 Å². The van der Waals surface area contributed by atoms with Crippen molar-refractivity contribution in [1.82, 2.24) is 5.43 Å². The van der Waals surface area contributed by atoms with Gasteiger partial charge in [-0.15, -0.1) is 0 Å². The van der Waals surface area contributed by atoms with Crippen LogP contribution in [0.25, 0.3) is 11.0 Å². The lowest BCUT2D eigenvalue weighted by Gasteiger charge is -2.00. The van der Waals surface area contributed by atoms with Crippen LogP contribution in [-0.4, -0.2) is 18.7 Å². The number of fused-ring (bicyclic) bond motifs is 1. The second kappa shape index (κ2) is 6.79. The smallest absolute Gasteiger partial charge is 0.307 e. The predicted molar refractivity (Wildman–Crippen MR) is 88.9 cm³/mol. The summed E-state index contributed by atoms with van der Waals surface area (Å²) in [5, 5.41) is 4.74. The number of nitrogens with zero attached hydrogens (tertiary/aromatic N) is 1. The van der Waals surface area contributed by atoms with Crippen molar-refractivity contribution in [2.75, 3.05) is 6.61 Å². The first kappa shape index (κ1) is 14.8. The molecule has 2 aromatic carbocycles. The summed E-state index contributed by atoms with van der Waals surface area (Å²) >= 11 is 0. The van der Waals surface area contributed by atoms with E-state index in [0.29, 0.717) is 12.2 Å². The lowest BCUT2D eigenvalue weighted by atomic mass is 10.2. The maximum Gasteiger partial charge on any atom is 0.307 e. The Balaban J connectivity index is 1.72. The van der Waals surface area contributed by atoms with Gasteiger partial charge in [0.05, 0.1) is 12.8 Å². The third kappa shape index (κ3) is 3.58. The van der Waals surface area contributed by atoms with Crippen molar-refractivity contribution >= 4 is 23.1 Å². The summed E-state index contributed by atoms with van der Waals surface area (Å²) in [4.78, 5) is 12.1. The molecule has 1 heterocycles. The summed E-state index contributed by atoms with van der Waals surface area (Å²) in [7, 11) is 0. The average Bonchev–Trinajstić information content (AvgIpc) is 2.99. The minimum Gasteiger partial charge on any atom is -0.494 e. The highest BCUT2D eigenvalue weighted by Crippen LogP contribution is 2.24. The number of carbonyl (C=O) groups excluding carboxylic acids is 1. The second-order valence-electron chi connectivity index (χ2n) is 4.85. The van der Waals surface area contributed by atoms with Crippen LogP contribution in [-0.2, 0) is 0 Å². The van der Waals surface area contributed by atoms with Gasteiger partial charge in [0.25, 0.3) is 0 Å². The van der Waals surface area contributed by atoms with E-state index in [9.17, 15) is 4.79 Å². The molecule has 0 saturated heterocycles. The van der Waals surface area contributed by atoms with Crippen LogP contribution in [0.1, 0.15) is 23.0 Å². The fourth-order valence-corrected chi connectivity index (χ4v) is 2.15. The molecule has 0 atom stereocenters. The van der Waals surface area contributed by atoms with Crippen molar-refractivity contribution in [1.29, 1.82) is 0 Å². The van der Waals surface area contributed by atoms with Crippen LogP contribution in [0.15, 0.2) is 64.1 Å². The number of nitrogens with one attached hydrogen (secondary N) is 1. The number of hydrazone groups is 1. The molecule has 0 aliphatic carbocycles. The average molecular weight is 308 g/mol. The van der Waals surface area contributed by atoms with Gasteiger partial charge in [0, 0.05) is 5.39 Å². The predicted octanol–water partition coefficient (Wildman–Crippen LogP) is 3.60. The van der Waals surface area contributed by atoms with Gasteiger partial charge >= 0.3 is 5.91 Å². The molecule has 116 valence electrons. The van der Waals surface area contributed by atoms with Crippen LogP contribution in [0.5, 0.6) is 5.75 Å². The lowest BCUT2D eigenvalue weighted by molar-refractivity contribution is 0.0929. The molecule has 1 N–H and O–H groups in total. The Bertz CT molecular complexity index is 838. The van der Waals surface area contributed by atoms with E-state index < -0.39 is 5.91 Å². The third-order valence-electron chi connectivity index (χ3n) is 3.20. The van der Waals surface area contributed by atoms with E-state index in [2.05, 4.69) is 10.5 Å². The van der Waals surface area contributed by atoms with Crippen LogP contribution in [0.3, 0.4) is 0 Å². The molecule has 0 aliphatic heterocycles. The molecular weight excluding hydrogens is 292 g/mol. The zero-order valence-electron chi connectivity index (χ0n) is 12.7. The fraction of sp³-hybridized carbons (Fsp3) is 0.111. The summed E-state index contributed by atoms with van der Waals surface area (Å²) in [6.07, 6.45) is 1.58. The minimum atomic E-state index is -0.397. The van der Waals surface area contributed by atoms with Gasteiger partial charge in [-0.1, -0.05) is 30.3 Å². The third-order valence-corrected chi connectivity index (χ3v) is 3.20. The normalized spacial score (nSPS) is 11.0. The first-order valence-corrected chi connectivity index (χ1v) is 7.31. The highest BCUT2D eigenvalue weighted by Gasteiger charge is 2.12. The van der Waals surface area contributed by atoms with Crippen LogP contribution < -0.4 is 10.2 Å². The van der Waals surface area contributed by atoms with Crippen LogP contribution in [0, 0.1) is 0 Å². The minimum absolute atomic E-state index is 0.207. The summed E-state index contributed by atoms with van der Waals surface area (Å²) in [6, 6.07) is 16.6. The highest BCUT2D eigenvalue weighted by atomic mass is 16.5. The molecular formula is C18H16N2O3. The number of hydrogen-bond acceptors (Lipinski definition) is 4. The Kier molecular flexibility index (Phi) is 4.38. The number of carbonyl (C=O) groups is 1. The van der Waals surface area contributed by atoms with Crippen molar-refractivity contribution < 1.29 is 13.9 Å². The molecule has 5 heteroatoms. The van der Waals surface area contributed by atoms with Crippen molar-refractivity contribution in [3.8, 4) is 5.75 Å². The Morgan fingerprint density at radius 3 is 2.83 bits per heavy atom. The second-order valence-corrected chi connectivity index (χ2v) is 4.85. The van der Waals surface area contributed by atoms with Crippen molar-refractivity contribution in [2.45, 2.75) is 6.92 Å². The van der Waals surface area contributed by atoms with Crippen LogP contribution in [0.4, 0.5) is 0 Å². The van der Waals surface area contributed by atoms with E-state index in [0.717, 1.165) is 16.7 Å². The standard InChI is InChI=1S/C18H16N2O3/c1-2-22-15-8-9-16-14(10-15)11-17(23-16)18(21)20-19-12-13-6-4-3-5-7-13/h3-12H,2H2,1H3,(H,20,21)/b19-12+. The number of amides is 1. The lowest BCUT2D eigenvalue weighted by Crippen LogP contribution is -2.16. The fourth-order valence-electron chi connectivity index (χ4n) is 2.15. The largest absolute Gasteiger partial charge is 0.494 e. The zero-order valence-corrected chi connectivity index (χ0v) is 12.7. The van der Waals surface area contributed by atoms with Crippen LogP contribution >= 0.6 is 0 Å². The maximum atomic E-state index is 12.1. The van der Waals surface area contributed by atoms with Crippen molar-refractivity contribution in [3.05, 3.63) is 65.9 Å². The monoisotopic (exact) mass is 308 g/mol. The molecule has 0 unspecified atom stereocenters. The SMILES string of the molecule is CCOc1ccc2oc(C(=O)N/N=C/c3ccccc3)cc2c1. The molecule has 0 aliphatic rings. The summed E-state index contributed by atoms with van der Waals surface area (Å²) < 4.78 is 11.0. The number of hydrogen-bond donors (Lipinski definition) is 1. The number of ether oxygens (including phenoxy) is 1. The molecule has 0 saturated carbocycles. The van der Waals surface area contributed by atoms with E-state index in [1.54, 1.807) is 18.3 Å². The molecule has 1 aromatic heterocycles. The molecule has 5 nitrogen and oxygen atoms in total. The first-order valence-electron chi connectivity index (χ1n) is 7.31. The maximum absolute atomic E-state index is 12.1. The van der Waals surface area contributed by atoms with Gasteiger partial charge in [-0.25, -0.2) is 5.43 Å². The van der Waals surface area contributed by atoms with Gasteiger partial charge < -0.3 is 9.15 Å². The topological polar surface area (TPSA) is 63.8 Å². The van der Waals surface area contributed by atoms with E-state index >= 15 is 0 Å². The van der Waals surface area contributed by atoms with E-state index in [-0.39, 0.29) is 5.76 Å². The molecule has 3 rings (SSSR count). The van der Waals surface area contributed by atoms with E-state index in [4.69, 9.17) is 9.15 Å². The van der Waals surface area contributed by atoms with Gasteiger partial charge in [-0.05, 0) is 36.8 Å². The summed E-state index contributed by atoms with van der Waals surface area (Å²) in [5.41, 5.74) is 3.99. The Hall–Kier alpha value is -3.08. The summed E-state index contributed by atoms with van der Waals surface area (Å²) in [6.45, 7) is 2.51. The Labute approximate surface area is 133 Å². The molecule has 23 heavy (non-hydrogen) atoms. The van der Waals surface area contributed by atoms with Gasteiger partial charge in [-0.2, -0.15) is 5.10 Å². The Morgan fingerprint density at radius 1 is 1.22 bits per heavy atom. The highest BCUT2D eigenvalue weighted by molar-refractivity contribution is 5.96. The Morgan fingerprint density at radius 2 is 2.04 bits per heavy atom. The molecule has 1 amide bonds. The summed E-state index contributed by atoms with van der Waals surface area (Å²) in [5.74, 6) is 0.556. The van der Waals surface area contributed by atoms with Crippen molar-refractivity contribution in [3.63, 3.8) is 0 Å². The quantitative estimate of drug-likeness (QED) is 0.578.